The van der Waals surface area contributed by atoms with Crippen LogP contribution in [0.2, 0.25) is 0 Å². The van der Waals surface area contributed by atoms with Gasteiger partial charge >= 0.3 is 0 Å². The number of aromatic nitrogens is 1. The van der Waals surface area contributed by atoms with Crippen molar-refractivity contribution in [3.8, 4) is 0 Å². The molecule has 2 aromatic rings. The Labute approximate surface area is 150 Å². The summed E-state index contributed by atoms with van der Waals surface area (Å²) >= 11 is 0. The Hall–Kier alpha value is -2.20. The second-order valence-electron chi connectivity index (χ2n) is 7.11. The summed E-state index contributed by atoms with van der Waals surface area (Å²) in [6.45, 7) is 7.43. The Kier molecular flexibility index (Phi) is 5.49. The van der Waals surface area contributed by atoms with E-state index < -0.39 is 0 Å². The Morgan fingerprint density at radius 2 is 1.84 bits per heavy atom. The average Bonchev–Trinajstić information content (AvgIpc) is 3.06. The van der Waals surface area contributed by atoms with Gasteiger partial charge in [0, 0.05) is 30.9 Å². The van der Waals surface area contributed by atoms with Crippen LogP contribution in [-0.4, -0.2) is 17.4 Å². The molecule has 0 saturated carbocycles. The molecule has 1 aliphatic heterocycles. The standard InChI is InChI=1S/C21H27N3O/c1-15(2)21(19-7-4-5-13-22-19)23-16(3)17-9-11-18(12-10-17)24-14-6-8-20(24)25/h4-5,7,9-13,15-16,21,23H,6,8,14H2,1-3H3/t16-,21+/m0/s1. The first-order valence-electron chi connectivity index (χ1n) is 9.13. The van der Waals surface area contributed by atoms with Crippen LogP contribution in [0.3, 0.4) is 0 Å². The predicted octanol–water partition coefficient (Wildman–Crippen LogP) is 4.26. The van der Waals surface area contributed by atoms with Crippen molar-refractivity contribution >= 4 is 11.6 Å². The third-order valence-electron chi connectivity index (χ3n) is 4.88. The van der Waals surface area contributed by atoms with Crippen molar-refractivity contribution in [3.05, 3.63) is 59.9 Å². The maximum atomic E-state index is 11.9. The third kappa shape index (κ3) is 4.07. The largest absolute Gasteiger partial charge is 0.312 e. The van der Waals surface area contributed by atoms with Gasteiger partial charge in [0.2, 0.25) is 5.91 Å². The molecule has 4 heteroatoms. The number of benzene rings is 1. The van der Waals surface area contributed by atoms with Gasteiger partial charge in [-0.05, 0) is 49.1 Å². The molecule has 0 spiro atoms. The first kappa shape index (κ1) is 17.6. The van der Waals surface area contributed by atoms with Crippen molar-refractivity contribution in [3.63, 3.8) is 0 Å². The monoisotopic (exact) mass is 337 g/mol. The summed E-state index contributed by atoms with van der Waals surface area (Å²) in [7, 11) is 0. The van der Waals surface area contributed by atoms with Crippen LogP contribution in [0.5, 0.6) is 0 Å². The van der Waals surface area contributed by atoms with Crippen LogP contribution in [0.25, 0.3) is 0 Å². The fourth-order valence-electron chi connectivity index (χ4n) is 3.41. The van der Waals surface area contributed by atoms with Crippen molar-refractivity contribution in [2.75, 3.05) is 11.4 Å². The van der Waals surface area contributed by atoms with E-state index in [2.05, 4.69) is 61.4 Å². The molecule has 0 unspecified atom stereocenters. The fourth-order valence-corrected chi connectivity index (χ4v) is 3.41. The summed E-state index contributed by atoms with van der Waals surface area (Å²) in [5, 5.41) is 3.70. The van der Waals surface area contributed by atoms with Crippen molar-refractivity contribution in [1.29, 1.82) is 0 Å². The number of carbonyl (C=O) groups is 1. The van der Waals surface area contributed by atoms with Gasteiger partial charge in [0.1, 0.15) is 0 Å². The highest BCUT2D eigenvalue weighted by molar-refractivity contribution is 5.95. The number of carbonyl (C=O) groups excluding carboxylic acids is 1. The van der Waals surface area contributed by atoms with E-state index in [1.807, 2.05) is 23.2 Å². The van der Waals surface area contributed by atoms with Crippen molar-refractivity contribution in [2.45, 2.75) is 45.7 Å². The SMILES string of the molecule is CC(C)[C@@H](N[C@@H](C)c1ccc(N2CCCC2=O)cc1)c1ccccn1. The van der Waals surface area contributed by atoms with Gasteiger partial charge in [-0.2, -0.15) is 0 Å². The minimum absolute atomic E-state index is 0.205. The summed E-state index contributed by atoms with van der Waals surface area (Å²) < 4.78 is 0. The van der Waals surface area contributed by atoms with Crippen LogP contribution >= 0.6 is 0 Å². The molecule has 2 heterocycles. The Balaban J connectivity index is 1.71. The summed E-state index contributed by atoms with van der Waals surface area (Å²) in [5.74, 6) is 0.674. The summed E-state index contributed by atoms with van der Waals surface area (Å²) in [5.41, 5.74) is 3.30. The van der Waals surface area contributed by atoms with E-state index >= 15 is 0 Å². The zero-order valence-corrected chi connectivity index (χ0v) is 15.3. The Morgan fingerprint density at radius 3 is 2.40 bits per heavy atom. The second-order valence-corrected chi connectivity index (χ2v) is 7.11. The van der Waals surface area contributed by atoms with E-state index in [1.54, 1.807) is 0 Å². The minimum atomic E-state index is 0.205. The van der Waals surface area contributed by atoms with E-state index in [0.29, 0.717) is 12.3 Å². The molecule has 1 aliphatic rings. The topological polar surface area (TPSA) is 45.2 Å². The van der Waals surface area contributed by atoms with Gasteiger partial charge in [0.25, 0.3) is 0 Å². The number of rotatable bonds is 6. The van der Waals surface area contributed by atoms with Crippen LogP contribution in [0, 0.1) is 5.92 Å². The highest BCUT2D eigenvalue weighted by atomic mass is 16.2. The first-order valence-corrected chi connectivity index (χ1v) is 9.13. The van der Waals surface area contributed by atoms with E-state index in [1.165, 1.54) is 5.56 Å². The number of amides is 1. The van der Waals surface area contributed by atoms with Gasteiger partial charge in [-0.1, -0.05) is 32.0 Å². The normalized spacial score (nSPS) is 17.1. The van der Waals surface area contributed by atoms with Gasteiger partial charge in [0.05, 0.1) is 11.7 Å². The molecule has 132 valence electrons. The first-order chi connectivity index (χ1) is 12.1. The Morgan fingerprint density at radius 1 is 1.08 bits per heavy atom. The molecule has 2 atom stereocenters. The zero-order valence-electron chi connectivity index (χ0n) is 15.3. The molecule has 1 saturated heterocycles. The van der Waals surface area contributed by atoms with Gasteiger partial charge in [-0.3, -0.25) is 9.78 Å². The van der Waals surface area contributed by atoms with E-state index in [0.717, 1.165) is 24.3 Å². The van der Waals surface area contributed by atoms with Crippen molar-refractivity contribution in [1.82, 2.24) is 10.3 Å². The average molecular weight is 337 g/mol. The lowest BCUT2D eigenvalue weighted by Crippen LogP contribution is -2.29. The summed E-state index contributed by atoms with van der Waals surface area (Å²) in [6.07, 6.45) is 3.47. The van der Waals surface area contributed by atoms with Crippen LogP contribution < -0.4 is 10.2 Å². The molecule has 0 aliphatic carbocycles. The van der Waals surface area contributed by atoms with Crippen LogP contribution in [-0.2, 0) is 4.79 Å². The number of pyridine rings is 1. The van der Waals surface area contributed by atoms with Gasteiger partial charge in [0.15, 0.2) is 0 Å². The summed E-state index contributed by atoms with van der Waals surface area (Å²) in [4.78, 5) is 18.3. The zero-order chi connectivity index (χ0) is 17.8. The number of anilines is 1. The molecule has 1 N–H and O–H groups in total. The molecule has 1 amide bonds. The van der Waals surface area contributed by atoms with Crippen molar-refractivity contribution in [2.24, 2.45) is 5.92 Å². The predicted molar refractivity (Wildman–Crippen MR) is 101 cm³/mol. The lowest BCUT2D eigenvalue weighted by atomic mass is 9.97. The lowest BCUT2D eigenvalue weighted by Gasteiger charge is -2.26. The van der Waals surface area contributed by atoms with Crippen LogP contribution in [0.15, 0.2) is 48.7 Å². The smallest absolute Gasteiger partial charge is 0.227 e. The molecular formula is C21H27N3O. The molecular weight excluding hydrogens is 310 g/mol. The molecule has 3 rings (SSSR count). The molecule has 0 radical (unpaired) electrons. The molecule has 25 heavy (non-hydrogen) atoms. The van der Waals surface area contributed by atoms with Gasteiger partial charge in [-0.25, -0.2) is 0 Å². The molecule has 1 fully saturated rings. The van der Waals surface area contributed by atoms with Crippen molar-refractivity contribution < 1.29 is 4.79 Å². The quantitative estimate of drug-likeness (QED) is 0.857. The number of hydrogen-bond donors (Lipinski definition) is 1. The van der Waals surface area contributed by atoms with Crippen LogP contribution in [0.4, 0.5) is 5.69 Å². The number of nitrogens with zero attached hydrogens (tertiary/aromatic N) is 2. The summed E-state index contributed by atoms with van der Waals surface area (Å²) in [6, 6.07) is 14.8. The van der Waals surface area contributed by atoms with Crippen LogP contribution in [0.1, 0.15) is 57.0 Å². The second kappa shape index (κ2) is 7.79. The van der Waals surface area contributed by atoms with E-state index in [9.17, 15) is 4.79 Å². The lowest BCUT2D eigenvalue weighted by molar-refractivity contribution is -0.117. The highest BCUT2D eigenvalue weighted by Crippen LogP contribution is 2.27. The molecule has 1 aromatic carbocycles. The van der Waals surface area contributed by atoms with E-state index in [4.69, 9.17) is 0 Å². The minimum Gasteiger partial charge on any atom is -0.312 e. The maximum Gasteiger partial charge on any atom is 0.227 e. The highest BCUT2D eigenvalue weighted by Gasteiger charge is 2.22. The molecule has 4 nitrogen and oxygen atoms in total. The fraction of sp³-hybridized carbons (Fsp3) is 0.429. The Bertz CT molecular complexity index is 697. The van der Waals surface area contributed by atoms with E-state index in [-0.39, 0.29) is 18.0 Å². The number of hydrogen-bond acceptors (Lipinski definition) is 3. The van der Waals surface area contributed by atoms with Gasteiger partial charge < -0.3 is 10.2 Å². The molecule has 0 bridgehead atoms. The van der Waals surface area contributed by atoms with Gasteiger partial charge in [-0.15, -0.1) is 0 Å². The third-order valence-corrected chi connectivity index (χ3v) is 4.88. The number of nitrogens with one attached hydrogen (secondary N) is 1. The maximum absolute atomic E-state index is 11.9. The molecule has 1 aromatic heterocycles.